The van der Waals surface area contributed by atoms with E-state index in [1.165, 1.54) is 16.0 Å². The van der Waals surface area contributed by atoms with Gasteiger partial charge in [-0.2, -0.15) is 5.10 Å². The lowest BCUT2D eigenvalue weighted by Crippen LogP contribution is -2.29. The summed E-state index contributed by atoms with van der Waals surface area (Å²) < 4.78 is 2.19. The van der Waals surface area contributed by atoms with Crippen molar-refractivity contribution < 1.29 is 4.79 Å². The molecule has 130 valence electrons. The van der Waals surface area contributed by atoms with Gasteiger partial charge in [-0.3, -0.25) is 9.59 Å². The van der Waals surface area contributed by atoms with Crippen molar-refractivity contribution in [3.63, 3.8) is 0 Å². The minimum Gasteiger partial charge on any atom is -0.300 e. The SMILES string of the molecule is Cc1cc(C)c2nc(NC(=O)Cn3ncc4ccccc4c3=O)sc2c1. The minimum atomic E-state index is -0.330. The highest BCUT2D eigenvalue weighted by atomic mass is 32.1. The molecule has 2 aromatic carbocycles. The molecule has 0 fully saturated rings. The Labute approximate surface area is 153 Å². The van der Waals surface area contributed by atoms with Crippen LogP contribution in [0.4, 0.5) is 5.13 Å². The van der Waals surface area contributed by atoms with Crippen LogP contribution in [0.2, 0.25) is 0 Å². The third kappa shape index (κ3) is 2.97. The van der Waals surface area contributed by atoms with Gasteiger partial charge in [0.15, 0.2) is 5.13 Å². The number of amides is 1. The molecule has 6 nitrogen and oxygen atoms in total. The van der Waals surface area contributed by atoms with Crippen molar-refractivity contribution in [1.82, 2.24) is 14.8 Å². The first-order valence-electron chi connectivity index (χ1n) is 8.14. The predicted octanol–water partition coefficient (Wildman–Crippen LogP) is 3.26. The monoisotopic (exact) mass is 364 g/mol. The lowest BCUT2D eigenvalue weighted by molar-refractivity contribution is -0.117. The first-order chi connectivity index (χ1) is 12.5. The van der Waals surface area contributed by atoms with Crippen LogP contribution in [-0.2, 0) is 11.3 Å². The number of thiazole rings is 1. The number of nitrogens with one attached hydrogen (secondary N) is 1. The standard InChI is InChI=1S/C19H16N4O2S/c1-11-7-12(2)17-15(8-11)26-19(22-17)21-16(24)10-23-18(25)14-6-4-3-5-13(14)9-20-23/h3-9H,10H2,1-2H3,(H,21,22,24). The molecule has 2 heterocycles. The summed E-state index contributed by atoms with van der Waals surface area (Å²) >= 11 is 1.42. The fourth-order valence-electron chi connectivity index (χ4n) is 2.96. The van der Waals surface area contributed by atoms with Crippen molar-refractivity contribution in [2.24, 2.45) is 0 Å². The second kappa shape index (κ2) is 6.34. The van der Waals surface area contributed by atoms with E-state index in [0.29, 0.717) is 10.5 Å². The van der Waals surface area contributed by atoms with E-state index in [1.54, 1.807) is 18.3 Å². The quantitative estimate of drug-likeness (QED) is 0.605. The van der Waals surface area contributed by atoms with E-state index in [1.807, 2.05) is 32.0 Å². The molecule has 7 heteroatoms. The zero-order chi connectivity index (χ0) is 18.3. The van der Waals surface area contributed by atoms with Gasteiger partial charge in [-0.1, -0.05) is 35.6 Å². The molecule has 0 aliphatic heterocycles. The van der Waals surface area contributed by atoms with Crippen molar-refractivity contribution in [2.75, 3.05) is 5.32 Å². The summed E-state index contributed by atoms with van der Waals surface area (Å²) in [6.07, 6.45) is 1.59. The van der Waals surface area contributed by atoms with E-state index in [-0.39, 0.29) is 18.0 Å². The maximum absolute atomic E-state index is 12.4. The largest absolute Gasteiger partial charge is 0.300 e. The Morgan fingerprint density at radius 1 is 1.23 bits per heavy atom. The summed E-state index contributed by atoms with van der Waals surface area (Å²) in [7, 11) is 0. The third-order valence-electron chi connectivity index (χ3n) is 4.13. The number of anilines is 1. The van der Waals surface area contributed by atoms with Crippen molar-refractivity contribution in [2.45, 2.75) is 20.4 Å². The van der Waals surface area contributed by atoms with E-state index in [2.05, 4.69) is 21.5 Å². The van der Waals surface area contributed by atoms with Gasteiger partial charge < -0.3 is 5.32 Å². The zero-order valence-electron chi connectivity index (χ0n) is 14.3. The number of fused-ring (bicyclic) bond motifs is 2. The molecule has 0 spiro atoms. The molecule has 1 N–H and O–H groups in total. The molecule has 4 aromatic rings. The smallest absolute Gasteiger partial charge is 0.275 e. The Balaban J connectivity index is 1.59. The van der Waals surface area contributed by atoms with Crippen molar-refractivity contribution in [3.8, 4) is 0 Å². The summed E-state index contributed by atoms with van der Waals surface area (Å²) in [5, 5.41) is 8.67. The van der Waals surface area contributed by atoms with E-state index < -0.39 is 0 Å². The van der Waals surface area contributed by atoms with Gasteiger partial charge in [0.2, 0.25) is 5.91 Å². The van der Waals surface area contributed by atoms with Crippen LogP contribution in [0.15, 0.2) is 47.4 Å². The number of aryl methyl sites for hydroxylation is 2. The lowest BCUT2D eigenvalue weighted by atomic mass is 10.1. The zero-order valence-corrected chi connectivity index (χ0v) is 15.1. The molecule has 0 bridgehead atoms. The molecule has 0 saturated heterocycles. The second-order valence-corrected chi connectivity index (χ2v) is 7.22. The summed E-state index contributed by atoms with van der Waals surface area (Å²) in [5.74, 6) is -0.330. The topological polar surface area (TPSA) is 76.9 Å². The summed E-state index contributed by atoms with van der Waals surface area (Å²) in [4.78, 5) is 29.3. The summed E-state index contributed by atoms with van der Waals surface area (Å²) in [6.45, 7) is 3.87. The Morgan fingerprint density at radius 3 is 2.88 bits per heavy atom. The predicted molar refractivity (Wildman–Crippen MR) is 104 cm³/mol. The highest BCUT2D eigenvalue weighted by Gasteiger charge is 2.12. The Bertz CT molecular complexity index is 1210. The Hall–Kier alpha value is -3.06. The average molecular weight is 364 g/mol. The number of benzene rings is 2. The molecule has 26 heavy (non-hydrogen) atoms. The molecule has 0 saturated carbocycles. The van der Waals surface area contributed by atoms with Gasteiger partial charge in [0, 0.05) is 5.39 Å². The maximum atomic E-state index is 12.4. The van der Waals surface area contributed by atoms with E-state index in [9.17, 15) is 9.59 Å². The maximum Gasteiger partial charge on any atom is 0.275 e. The first-order valence-corrected chi connectivity index (χ1v) is 8.95. The number of rotatable bonds is 3. The van der Waals surface area contributed by atoms with Crippen LogP contribution in [0.25, 0.3) is 21.0 Å². The third-order valence-corrected chi connectivity index (χ3v) is 5.05. The minimum absolute atomic E-state index is 0.155. The lowest BCUT2D eigenvalue weighted by Gasteiger charge is -2.05. The second-order valence-electron chi connectivity index (χ2n) is 6.19. The highest BCUT2D eigenvalue weighted by molar-refractivity contribution is 7.22. The van der Waals surface area contributed by atoms with E-state index in [4.69, 9.17) is 0 Å². The van der Waals surface area contributed by atoms with Gasteiger partial charge >= 0.3 is 0 Å². The number of hydrogen-bond acceptors (Lipinski definition) is 5. The average Bonchev–Trinajstić information content (AvgIpc) is 3.00. The molecule has 0 atom stereocenters. The van der Waals surface area contributed by atoms with Gasteiger partial charge in [-0.05, 0) is 37.1 Å². The number of carbonyl (C=O) groups is 1. The Morgan fingerprint density at radius 2 is 2.04 bits per heavy atom. The van der Waals surface area contributed by atoms with Crippen LogP contribution in [0.1, 0.15) is 11.1 Å². The summed E-state index contributed by atoms with van der Waals surface area (Å²) in [6, 6.07) is 11.3. The summed E-state index contributed by atoms with van der Waals surface area (Å²) in [5.41, 5.74) is 2.83. The molecule has 0 aliphatic carbocycles. The molecule has 0 aliphatic rings. The number of aromatic nitrogens is 3. The van der Waals surface area contributed by atoms with Gasteiger partial charge in [0.05, 0.1) is 21.8 Å². The van der Waals surface area contributed by atoms with Gasteiger partial charge in [-0.25, -0.2) is 9.67 Å². The van der Waals surface area contributed by atoms with Crippen molar-refractivity contribution >= 4 is 43.4 Å². The molecule has 1 amide bonds. The highest BCUT2D eigenvalue weighted by Crippen LogP contribution is 2.29. The number of nitrogens with zero attached hydrogens (tertiary/aromatic N) is 3. The van der Waals surface area contributed by atoms with Crippen LogP contribution < -0.4 is 10.9 Å². The van der Waals surface area contributed by atoms with Crippen LogP contribution in [-0.4, -0.2) is 20.7 Å². The molecule has 2 aromatic heterocycles. The van der Waals surface area contributed by atoms with Gasteiger partial charge in [-0.15, -0.1) is 0 Å². The molecular formula is C19H16N4O2S. The fraction of sp³-hybridized carbons (Fsp3) is 0.158. The normalized spacial score (nSPS) is 11.2. The van der Waals surface area contributed by atoms with E-state index in [0.717, 1.165) is 26.7 Å². The first kappa shape index (κ1) is 16.4. The van der Waals surface area contributed by atoms with Gasteiger partial charge in [0.1, 0.15) is 6.54 Å². The van der Waals surface area contributed by atoms with Crippen molar-refractivity contribution in [1.29, 1.82) is 0 Å². The van der Waals surface area contributed by atoms with Crippen LogP contribution >= 0.6 is 11.3 Å². The number of hydrogen-bond donors (Lipinski definition) is 1. The molecular weight excluding hydrogens is 348 g/mol. The van der Waals surface area contributed by atoms with Crippen LogP contribution in [0.5, 0.6) is 0 Å². The van der Waals surface area contributed by atoms with E-state index >= 15 is 0 Å². The Kier molecular flexibility index (Phi) is 4.00. The number of carbonyl (C=O) groups excluding carboxylic acids is 1. The molecule has 0 radical (unpaired) electrons. The molecule has 4 rings (SSSR count). The van der Waals surface area contributed by atoms with Crippen LogP contribution in [0, 0.1) is 13.8 Å². The van der Waals surface area contributed by atoms with Crippen molar-refractivity contribution in [3.05, 3.63) is 64.1 Å². The van der Waals surface area contributed by atoms with Crippen LogP contribution in [0.3, 0.4) is 0 Å². The molecule has 0 unspecified atom stereocenters. The fourth-order valence-corrected chi connectivity index (χ4v) is 4.02. The van der Waals surface area contributed by atoms with Gasteiger partial charge in [0.25, 0.3) is 5.56 Å².